The van der Waals surface area contributed by atoms with E-state index < -0.39 is 54.0 Å². The van der Waals surface area contributed by atoms with Gasteiger partial charge in [-0.15, -0.1) is 0 Å². The van der Waals surface area contributed by atoms with Crippen molar-refractivity contribution in [3.05, 3.63) is 132 Å². The van der Waals surface area contributed by atoms with E-state index in [1.165, 1.54) is 4.90 Å². The van der Waals surface area contributed by atoms with Crippen molar-refractivity contribution in [2.45, 2.75) is 95.2 Å². The zero-order valence-electron chi connectivity index (χ0n) is 35.9. The first-order chi connectivity index (χ1) is 31.2. The Balaban J connectivity index is 1.11. The van der Waals surface area contributed by atoms with E-state index in [0.29, 0.717) is 62.4 Å². The van der Waals surface area contributed by atoms with E-state index in [4.69, 9.17) is 24.4 Å². The minimum atomic E-state index is -1.16. The summed E-state index contributed by atoms with van der Waals surface area (Å²) in [6.45, 7) is 1.76. The van der Waals surface area contributed by atoms with E-state index >= 15 is 0 Å². The number of rotatable bonds is 19. The number of carbonyl (C=O) groups excluding carboxylic acids is 5. The molecule has 3 heterocycles. The lowest BCUT2D eigenvalue weighted by molar-refractivity contribution is -0.140. The molecule has 4 amide bonds. The second kappa shape index (κ2) is 22.6. The minimum Gasteiger partial charge on any atom is -0.489 e. The highest BCUT2D eigenvalue weighted by Crippen LogP contribution is 2.26. The van der Waals surface area contributed by atoms with E-state index in [1.807, 2.05) is 84.9 Å². The van der Waals surface area contributed by atoms with Crippen LogP contribution in [0.1, 0.15) is 78.7 Å². The number of aryl methyl sites for hydroxylation is 1. The molecule has 5 aromatic rings. The molecule has 4 atom stereocenters. The third kappa shape index (κ3) is 12.5. The van der Waals surface area contributed by atoms with Gasteiger partial charge in [-0.3, -0.25) is 14.4 Å². The number of piperidine rings is 1. The van der Waals surface area contributed by atoms with Gasteiger partial charge in [0, 0.05) is 19.5 Å². The van der Waals surface area contributed by atoms with Gasteiger partial charge < -0.3 is 44.8 Å². The standard InChI is InChI=1S/C49H56N6O9/c50-27-11-10-19-40(44(56)46-52-39-18-8-9-20-43(39)64-46)51-45(57)42-30-38(63-49(60)54-28-12-3-13-29-54)31-55(42)47(58)41(53-48(59)62-33-36-16-6-2-7-17-36)26-23-34-21-24-37(25-22-34)61-32-35-14-4-1-5-15-35/h1-2,4-9,14-18,20-22,24-25,38,40-42H,3,10-13,19,23,26-33,50H2,(H,51,57)(H,53,59)/t38-,40+,41-,42+/m1/s1. The molecule has 15 nitrogen and oxygen atoms in total. The summed E-state index contributed by atoms with van der Waals surface area (Å²) in [6, 6.07) is 30.1. The highest BCUT2D eigenvalue weighted by Gasteiger charge is 2.45. The number of nitrogens with two attached hydrogens (primary N) is 1. The lowest BCUT2D eigenvalue weighted by Crippen LogP contribution is -2.55. The Hall–Kier alpha value is -6.74. The lowest BCUT2D eigenvalue weighted by atomic mass is 10.0. The molecule has 0 unspecified atom stereocenters. The number of benzene rings is 4. The fraction of sp³-hybridized carbons (Fsp3) is 0.388. The number of Topliss-reactive ketones (excluding diaryl/α,β-unsaturated/α-hetero) is 1. The van der Waals surface area contributed by atoms with Crippen molar-refractivity contribution in [2.75, 3.05) is 26.2 Å². The Kier molecular flexibility index (Phi) is 16.0. The van der Waals surface area contributed by atoms with Crippen LogP contribution in [0.3, 0.4) is 0 Å². The van der Waals surface area contributed by atoms with Crippen molar-refractivity contribution in [3.63, 3.8) is 0 Å². The molecule has 1 aromatic heterocycles. The van der Waals surface area contributed by atoms with Crippen LogP contribution in [-0.4, -0.2) is 95.0 Å². The van der Waals surface area contributed by atoms with Crippen molar-refractivity contribution in [1.29, 1.82) is 0 Å². The van der Waals surface area contributed by atoms with Crippen molar-refractivity contribution in [1.82, 2.24) is 25.4 Å². The molecule has 15 heteroatoms. The van der Waals surface area contributed by atoms with Gasteiger partial charge in [0.25, 0.3) is 5.89 Å². The van der Waals surface area contributed by atoms with Crippen molar-refractivity contribution in [2.24, 2.45) is 5.73 Å². The number of alkyl carbamates (subject to hydrolysis) is 1. The third-order valence-corrected chi connectivity index (χ3v) is 11.5. The topological polar surface area (TPSA) is 196 Å². The van der Waals surface area contributed by atoms with Gasteiger partial charge in [0.2, 0.25) is 17.6 Å². The van der Waals surface area contributed by atoms with Crippen LogP contribution in [0.15, 0.2) is 114 Å². The molecule has 2 saturated heterocycles. The molecule has 2 aliphatic rings. The maximum Gasteiger partial charge on any atom is 0.410 e. The molecular weight excluding hydrogens is 817 g/mol. The van der Waals surface area contributed by atoms with Crippen LogP contribution >= 0.6 is 0 Å². The van der Waals surface area contributed by atoms with Crippen LogP contribution in [0.4, 0.5) is 9.59 Å². The first-order valence-electron chi connectivity index (χ1n) is 22.1. The molecule has 7 rings (SSSR count). The van der Waals surface area contributed by atoms with Crippen LogP contribution in [0.5, 0.6) is 5.75 Å². The monoisotopic (exact) mass is 872 g/mol. The molecule has 0 radical (unpaired) electrons. The zero-order valence-corrected chi connectivity index (χ0v) is 35.9. The number of likely N-dealkylation sites (tertiary alicyclic amines) is 2. The van der Waals surface area contributed by atoms with E-state index in [2.05, 4.69) is 15.6 Å². The van der Waals surface area contributed by atoms with Crippen LogP contribution < -0.4 is 21.1 Å². The van der Waals surface area contributed by atoms with Gasteiger partial charge in [0.1, 0.15) is 42.7 Å². The van der Waals surface area contributed by atoms with Crippen molar-refractivity contribution >= 4 is 40.9 Å². The normalized spacial score (nSPS) is 17.0. The summed E-state index contributed by atoms with van der Waals surface area (Å²) >= 11 is 0. The Morgan fingerprint density at radius 3 is 2.14 bits per heavy atom. The number of aromatic nitrogens is 1. The molecule has 336 valence electrons. The largest absolute Gasteiger partial charge is 0.489 e. The average Bonchev–Trinajstić information content (AvgIpc) is 3.97. The number of oxazole rings is 1. The molecule has 64 heavy (non-hydrogen) atoms. The van der Waals surface area contributed by atoms with Gasteiger partial charge in [0.05, 0.1) is 12.6 Å². The minimum absolute atomic E-state index is 0.0268. The van der Waals surface area contributed by atoms with Gasteiger partial charge in [0.15, 0.2) is 5.58 Å². The summed E-state index contributed by atoms with van der Waals surface area (Å²) in [7, 11) is 0. The SMILES string of the molecule is NCCCC[C@H](NC(=O)[C@@H]1C[C@@H](OC(=O)N2CCCCC2)CN1C(=O)[C@@H](CCc1ccc(OCc2ccccc2)cc1)NC(=O)OCc1ccccc1)C(=O)c1nc2ccccc2o1. The summed E-state index contributed by atoms with van der Waals surface area (Å²) in [5.74, 6) is -1.19. The molecule has 0 spiro atoms. The number of nitrogens with one attached hydrogen (secondary N) is 2. The molecule has 4 N–H and O–H groups in total. The number of hydrogen-bond donors (Lipinski definition) is 3. The van der Waals surface area contributed by atoms with E-state index in [0.717, 1.165) is 36.0 Å². The smallest absolute Gasteiger partial charge is 0.410 e. The van der Waals surface area contributed by atoms with Crippen LogP contribution in [0, 0.1) is 0 Å². The van der Waals surface area contributed by atoms with Gasteiger partial charge in [-0.05, 0) is 98.9 Å². The number of unbranched alkanes of at least 4 members (excludes halogenated alkanes) is 1. The molecule has 0 bridgehead atoms. The summed E-state index contributed by atoms with van der Waals surface area (Å²) in [6.07, 6.45) is 2.40. The Labute approximate surface area is 372 Å². The Morgan fingerprint density at radius 2 is 1.44 bits per heavy atom. The maximum atomic E-state index is 14.8. The zero-order chi connectivity index (χ0) is 44.7. The fourth-order valence-electron chi connectivity index (χ4n) is 7.99. The summed E-state index contributed by atoms with van der Waals surface area (Å²) in [5.41, 5.74) is 9.39. The van der Waals surface area contributed by atoms with E-state index in [9.17, 15) is 24.0 Å². The average molecular weight is 873 g/mol. The number of carbonyl (C=O) groups is 5. The summed E-state index contributed by atoms with van der Waals surface area (Å²) in [5, 5.41) is 5.65. The number of amides is 4. The molecule has 4 aromatic carbocycles. The predicted octanol–water partition coefficient (Wildman–Crippen LogP) is 6.72. The van der Waals surface area contributed by atoms with Gasteiger partial charge in [-0.25, -0.2) is 14.6 Å². The number of para-hydroxylation sites is 2. The van der Waals surface area contributed by atoms with Gasteiger partial charge in [-0.1, -0.05) is 84.9 Å². The second-order valence-corrected chi connectivity index (χ2v) is 16.2. The molecular formula is C49H56N6O9. The quantitative estimate of drug-likeness (QED) is 0.0589. The number of fused-ring (bicyclic) bond motifs is 1. The lowest BCUT2D eigenvalue weighted by Gasteiger charge is -2.29. The maximum absolute atomic E-state index is 14.8. The Bertz CT molecular complexity index is 2280. The fourth-order valence-corrected chi connectivity index (χ4v) is 7.99. The first-order valence-corrected chi connectivity index (χ1v) is 22.1. The van der Waals surface area contributed by atoms with Gasteiger partial charge >= 0.3 is 12.2 Å². The summed E-state index contributed by atoms with van der Waals surface area (Å²) < 4.78 is 23.3. The number of hydrogen-bond acceptors (Lipinski definition) is 11. The highest BCUT2D eigenvalue weighted by molar-refractivity contribution is 6.01. The summed E-state index contributed by atoms with van der Waals surface area (Å²) in [4.78, 5) is 77.4. The molecule has 0 aliphatic carbocycles. The third-order valence-electron chi connectivity index (χ3n) is 11.5. The molecule has 2 fully saturated rings. The molecule has 0 saturated carbocycles. The second-order valence-electron chi connectivity index (χ2n) is 16.2. The number of nitrogens with zero attached hydrogens (tertiary/aromatic N) is 3. The van der Waals surface area contributed by atoms with Crippen LogP contribution in [-0.2, 0) is 38.7 Å². The van der Waals surface area contributed by atoms with Crippen molar-refractivity contribution in [3.8, 4) is 5.75 Å². The predicted molar refractivity (Wildman–Crippen MR) is 238 cm³/mol. The van der Waals surface area contributed by atoms with Crippen LogP contribution in [0.2, 0.25) is 0 Å². The Morgan fingerprint density at radius 1 is 0.750 bits per heavy atom. The van der Waals surface area contributed by atoms with E-state index in [-0.39, 0.29) is 38.3 Å². The van der Waals surface area contributed by atoms with E-state index in [1.54, 1.807) is 29.2 Å². The molecule has 2 aliphatic heterocycles. The first kappa shape index (κ1) is 45.3. The van der Waals surface area contributed by atoms with Gasteiger partial charge in [-0.2, -0.15) is 0 Å². The van der Waals surface area contributed by atoms with Crippen molar-refractivity contribution < 1.29 is 42.6 Å². The number of ketones is 1. The number of ether oxygens (including phenoxy) is 3. The van der Waals surface area contributed by atoms with Crippen LogP contribution in [0.25, 0.3) is 11.1 Å². The highest BCUT2D eigenvalue weighted by atomic mass is 16.6.